The molecule has 0 saturated heterocycles. The van der Waals surface area contributed by atoms with Crippen molar-refractivity contribution in [3.63, 3.8) is 0 Å². The van der Waals surface area contributed by atoms with Crippen LogP contribution in [0.2, 0.25) is 0 Å². The number of aromatic nitrogens is 2. The number of hydrogen-bond donors (Lipinski definition) is 1. The molecule has 0 aliphatic rings. The number of amides is 1. The van der Waals surface area contributed by atoms with Gasteiger partial charge in [0, 0.05) is 11.9 Å². The van der Waals surface area contributed by atoms with E-state index < -0.39 is 0 Å². The number of carbonyl (C=O) groups is 1. The smallest absolute Gasteiger partial charge is 0.253 e. The van der Waals surface area contributed by atoms with Crippen LogP contribution in [0.1, 0.15) is 48.4 Å². The predicted molar refractivity (Wildman–Crippen MR) is 80.7 cm³/mol. The lowest BCUT2D eigenvalue weighted by Crippen LogP contribution is -2.26. The summed E-state index contributed by atoms with van der Waals surface area (Å²) in [4.78, 5) is 12.1. The van der Waals surface area contributed by atoms with E-state index in [0.717, 1.165) is 36.0 Å². The monoisotopic (exact) mass is 327 g/mol. The molecule has 5 heteroatoms. The highest BCUT2D eigenvalue weighted by atomic mass is 79.9. The molecule has 1 amide bonds. The molecule has 0 saturated carbocycles. The van der Waals surface area contributed by atoms with Gasteiger partial charge in [0.1, 0.15) is 0 Å². The van der Waals surface area contributed by atoms with Crippen molar-refractivity contribution < 1.29 is 4.79 Å². The van der Waals surface area contributed by atoms with Gasteiger partial charge < -0.3 is 5.32 Å². The SMILES string of the molecule is CCc1nnc(C)cc1C(=O)NCCCC(C)CBr. The Hall–Kier alpha value is -0.970. The summed E-state index contributed by atoms with van der Waals surface area (Å²) in [5.41, 5.74) is 2.19. The number of halogens is 1. The molecule has 1 unspecified atom stereocenters. The Balaban J connectivity index is 2.51. The first kappa shape index (κ1) is 16.1. The fourth-order valence-corrected chi connectivity index (χ4v) is 2.12. The second-order valence-electron chi connectivity index (χ2n) is 4.86. The van der Waals surface area contributed by atoms with Gasteiger partial charge in [0.15, 0.2) is 0 Å². The average Bonchev–Trinajstić information content (AvgIpc) is 2.42. The predicted octanol–water partition coefficient (Wildman–Crippen LogP) is 2.89. The molecule has 0 aliphatic heterocycles. The van der Waals surface area contributed by atoms with Gasteiger partial charge in [-0.05, 0) is 38.2 Å². The molecule has 0 aromatic carbocycles. The van der Waals surface area contributed by atoms with Crippen LogP contribution >= 0.6 is 15.9 Å². The molecule has 19 heavy (non-hydrogen) atoms. The molecule has 0 aliphatic carbocycles. The molecule has 4 nitrogen and oxygen atoms in total. The van der Waals surface area contributed by atoms with Crippen molar-refractivity contribution in [2.75, 3.05) is 11.9 Å². The maximum atomic E-state index is 12.1. The fourth-order valence-electron chi connectivity index (χ4n) is 1.80. The van der Waals surface area contributed by atoms with E-state index in [1.54, 1.807) is 0 Å². The Morgan fingerprint density at radius 3 is 2.84 bits per heavy atom. The van der Waals surface area contributed by atoms with Gasteiger partial charge in [0.2, 0.25) is 0 Å². The lowest BCUT2D eigenvalue weighted by Gasteiger charge is -2.10. The lowest BCUT2D eigenvalue weighted by molar-refractivity contribution is 0.0951. The maximum Gasteiger partial charge on any atom is 0.253 e. The molecule has 0 spiro atoms. The zero-order chi connectivity index (χ0) is 14.3. The number of alkyl halides is 1. The summed E-state index contributed by atoms with van der Waals surface area (Å²) < 4.78 is 0. The van der Waals surface area contributed by atoms with Gasteiger partial charge in [-0.15, -0.1) is 0 Å². The van der Waals surface area contributed by atoms with Crippen molar-refractivity contribution in [3.05, 3.63) is 23.0 Å². The number of nitrogens with one attached hydrogen (secondary N) is 1. The first-order chi connectivity index (χ1) is 9.08. The maximum absolute atomic E-state index is 12.1. The number of nitrogens with zero attached hydrogens (tertiary/aromatic N) is 2. The Kier molecular flexibility index (Phi) is 6.99. The van der Waals surface area contributed by atoms with E-state index in [1.165, 1.54) is 0 Å². The van der Waals surface area contributed by atoms with E-state index >= 15 is 0 Å². The van der Waals surface area contributed by atoms with Crippen LogP contribution in [-0.4, -0.2) is 28.0 Å². The van der Waals surface area contributed by atoms with Gasteiger partial charge >= 0.3 is 0 Å². The average molecular weight is 328 g/mol. The van der Waals surface area contributed by atoms with Crippen LogP contribution in [0.3, 0.4) is 0 Å². The van der Waals surface area contributed by atoms with Gasteiger partial charge in [-0.2, -0.15) is 10.2 Å². The lowest BCUT2D eigenvalue weighted by atomic mass is 10.1. The quantitative estimate of drug-likeness (QED) is 0.618. The zero-order valence-corrected chi connectivity index (χ0v) is 13.5. The van der Waals surface area contributed by atoms with Crippen molar-refractivity contribution in [2.24, 2.45) is 5.92 Å². The number of hydrogen-bond acceptors (Lipinski definition) is 3. The molecular weight excluding hydrogens is 306 g/mol. The van der Waals surface area contributed by atoms with Crippen LogP contribution < -0.4 is 5.32 Å². The molecule has 0 fully saturated rings. The highest BCUT2D eigenvalue weighted by Gasteiger charge is 2.12. The Morgan fingerprint density at radius 2 is 2.21 bits per heavy atom. The molecule has 1 N–H and O–H groups in total. The van der Waals surface area contributed by atoms with E-state index in [-0.39, 0.29) is 5.91 Å². The van der Waals surface area contributed by atoms with Gasteiger partial charge in [-0.25, -0.2) is 0 Å². The second-order valence-corrected chi connectivity index (χ2v) is 5.50. The van der Waals surface area contributed by atoms with Gasteiger partial charge in [-0.1, -0.05) is 29.8 Å². The van der Waals surface area contributed by atoms with Crippen molar-refractivity contribution in [3.8, 4) is 0 Å². The third-order valence-corrected chi connectivity index (χ3v) is 4.10. The van der Waals surface area contributed by atoms with Gasteiger partial charge in [-0.3, -0.25) is 4.79 Å². The third kappa shape index (κ3) is 5.27. The number of carbonyl (C=O) groups excluding carboxylic acids is 1. The second kappa shape index (κ2) is 8.25. The van der Waals surface area contributed by atoms with E-state index in [9.17, 15) is 4.79 Å². The summed E-state index contributed by atoms with van der Waals surface area (Å²) in [7, 11) is 0. The summed E-state index contributed by atoms with van der Waals surface area (Å²) >= 11 is 3.46. The zero-order valence-electron chi connectivity index (χ0n) is 11.9. The molecule has 1 heterocycles. The summed E-state index contributed by atoms with van der Waals surface area (Å²) in [6.45, 7) is 6.73. The van der Waals surface area contributed by atoms with Crippen molar-refractivity contribution >= 4 is 21.8 Å². The Labute approximate surface area is 123 Å². The minimum absolute atomic E-state index is 0.0404. The molecule has 1 aromatic heterocycles. The van der Waals surface area contributed by atoms with Gasteiger partial charge in [0.25, 0.3) is 5.91 Å². The van der Waals surface area contributed by atoms with Crippen LogP contribution in [-0.2, 0) is 6.42 Å². The van der Waals surface area contributed by atoms with E-state index in [1.807, 2.05) is 19.9 Å². The Bertz CT molecular complexity index is 423. The summed E-state index contributed by atoms with van der Waals surface area (Å²) in [5, 5.41) is 12.0. The van der Waals surface area contributed by atoms with Crippen molar-refractivity contribution in [1.82, 2.24) is 15.5 Å². The fraction of sp³-hybridized carbons (Fsp3) is 0.643. The minimum Gasteiger partial charge on any atom is -0.352 e. The molecule has 1 aromatic rings. The molecule has 0 radical (unpaired) electrons. The van der Waals surface area contributed by atoms with Crippen molar-refractivity contribution in [2.45, 2.75) is 40.0 Å². The topological polar surface area (TPSA) is 54.9 Å². The summed E-state index contributed by atoms with van der Waals surface area (Å²) in [5.74, 6) is 0.606. The Morgan fingerprint density at radius 1 is 1.47 bits per heavy atom. The van der Waals surface area contributed by atoms with Crippen LogP contribution in [0.25, 0.3) is 0 Å². The summed E-state index contributed by atoms with van der Waals surface area (Å²) in [6.07, 6.45) is 2.83. The van der Waals surface area contributed by atoms with Crippen LogP contribution in [0.15, 0.2) is 6.07 Å². The van der Waals surface area contributed by atoms with Crippen LogP contribution in [0, 0.1) is 12.8 Å². The number of aryl methyl sites for hydroxylation is 2. The minimum atomic E-state index is -0.0404. The molecule has 106 valence electrons. The molecule has 1 atom stereocenters. The van der Waals surface area contributed by atoms with Crippen LogP contribution in [0.4, 0.5) is 0 Å². The van der Waals surface area contributed by atoms with Gasteiger partial charge in [0.05, 0.1) is 17.0 Å². The highest BCUT2D eigenvalue weighted by molar-refractivity contribution is 9.09. The number of rotatable bonds is 7. The first-order valence-electron chi connectivity index (χ1n) is 6.75. The first-order valence-corrected chi connectivity index (χ1v) is 7.88. The highest BCUT2D eigenvalue weighted by Crippen LogP contribution is 2.09. The van der Waals surface area contributed by atoms with E-state index in [4.69, 9.17) is 0 Å². The molecular formula is C14H22BrN3O. The van der Waals surface area contributed by atoms with E-state index in [2.05, 4.69) is 38.4 Å². The largest absolute Gasteiger partial charge is 0.352 e. The van der Waals surface area contributed by atoms with E-state index in [0.29, 0.717) is 18.0 Å². The van der Waals surface area contributed by atoms with Crippen LogP contribution in [0.5, 0.6) is 0 Å². The molecule has 0 bridgehead atoms. The summed E-state index contributed by atoms with van der Waals surface area (Å²) in [6, 6.07) is 1.81. The standard InChI is InChI=1S/C14H22BrN3O/c1-4-13-12(8-11(3)17-18-13)14(19)16-7-5-6-10(2)9-15/h8,10H,4-7,9H2,1-3H3,(H,16,19). The third-order valence-electron chi connectivity index (χ3n) is 2.99. The molecule has 1 rings (SSSR count). The van der Waals surface area contributed by atoms with Crippen molar-refractivity contribution in [1.29, 1.82) is 0 Å². The normalized spacial score (nSPS) is 12.2.